The van der Waals surface area contributed by atoms with Gasteiger partial charge < -0.3 is 5.73 Å². The van der Waals surface area contributed by atoms with E-state index in [1.165, 1.54) is 16.6 Å². The van der Waals surface area contributed by atoms with Crippen molar-refractivity contribution < 1.29 is 0 Å². The first kappa shape index (κ1) is 14.8. The fourth-order valence-corrected chi connectivity index (χ4v) is 2.96. The average molecular weight is 307 g/mol. The highest BCUT2D eigenvalue weighted by Crippen LogP contribution is 2.30. The van der Waals surface area contributed by atoms with E-state index in [0.717, 1.165) is 21.6 Å². The van der Waals surface area contributed by atoms with Gasteiger partial charge in [0.2, 0.25) is 5.36 Å². The van der Waals surface area contributed by atoms with Crippen molar-refractivity contribution in [1.29, 1.82) is 0 Å². The summed E-state index contributed by atoms with van der Waals surface area (Å²) in [5, 5.41) is 1.18. The highest BCUT2D eigenvalue weighted by molar-refractivity contribution is 7.21. The van der Waals surface area contributed by atoms with Crippen LogP contribution in [0, 0.1) is 0 Å². The number of nitrogen functional groups attached to an aromatic ring is 1. The predicted octanol–water partition coefficient (Wildman–Crippen LogP) is 2.87. The summed E-state index contributed by atoms with van der Waals surface area (Å²) >= 11 is 6.37. The van der Waals surface area contributed by atoms with Crippen molar-refractivity contribution in [3.05, 3.63) is 41.8 Å². The molecule has 1 aromatic carbocycles. The fraction of sp³-hybridized carbons (Fsp3) is 0.200. The van der Waals surface area contributed by atoms with Gasteiger partial charge in [-0.2, -0.15) is 0 Å². The molecule has 0 saturated carbocycles. The summed E-state index contributed by atoms with van der Waals surface area (Å²) in [5.41, 5.74) is 8.63. The van der Waals surface area contributed by atoms with Crippen molar-refractivity contribution in [2.45, 2.75) is 0 Å². The van der Waals surface area contributed by atoms with Gasteiger partial charge in [0.25, 0.3) is 0 Å². The molecule has 0 fully saturated rings. The van der Waals surface area contributed by atoms with Crippen molar-refractivity contribution in [3.8, 4) is 10.6 Å². The van der Waals surface area contributed by atoms with Crippen molar-refractivity contribution in [3.63, 3.8) is 0 Å². The Hall–Kier alpha value is -1.65. The van der Waals surface area contributed by atoms with E-state index in [1.54, 1.807) is 11.3 Å². The van der Waals surface area contributed by atoms with Gasteiger partial charge in [0, 0.05) is 24.2 Å². The lowest BCUT2D eigenvalue weighted by Crippen LogP contribution is -2.21. The maximum absolute atomic E-state index is 5.82. The van der Waals surface area contributed by atoms with Gasteiger partial charge in [-0.05, 0) is 24.3 Å². The van der Waals surface area contributed by atoms with Gasteiger partial charge in [0.15, 0.2) is 0 Å². The Morgan fingerprint density at radius 2 is 1.85 bits per heavy atom. The van der Waals surface area contributed by atoms with Crippen LogP contribution in [0.1, 0.15) is 0 Å². The number of aromatic nitrogens is 1. The van der Waals surface area contributed by atoms with Gasteiger partial charge in [-0.15, -0.1) is 22.9 Å². The summed E-state index contributed by atoms with van der Waals surface area (Å²) < 4.78 is 3.22. The minimum atomic E-state index is 0.781. The number of hydrogen-bond acceptors (Lipinski definition) is 3. The predicted molar refractivity (Wildman–Crippen MR) is 89.5 cm³/mol. The summed E-state index contributed by atoms with van der Waals surface area (Å²) in [5.74, 6) is 0. The molecule has 2 aliphatic rings. The summed E-state index contributed by atoms with van der Waals surface area (Å²) in [6, 6.07) is 12.2. The zero-order chi connectivity index (χ0) is 14.7. The molecular weight excluding hydrogens is 290 g/mol. The second-order valence-electron chi connectivity index (χ2n) is 4.49. The standard InChI is InChI=1S/C14H13N3S.CH3Cl/c1-17(2)10-4-6-12-14(8-10)18-13-7-9(15)3-5-11(13)16-12;1-2/h3-8,15H,1-2H3;1H3/p+1. The lowest BCUT2D eigenvalue weighted by atomic mass is 10.2. The van der Waals surface area contributed by atoms with Crippen LogP contribution in [0.4, 0.5) is 5.69 Å². The molecule has 3 nitrogen and oxygen atoms in total. The Morgan fingerprint density at radius 1 is 1.10 bits per heavy atom. The second-order valence-corrected chi connectivity index (χ2v) is 5.57. The number of nitrogens with two attached hydrogens (primary N) is 1. The normalized spacial score (nSPS) is 10.2. The molecule has 1 aliphatic carbocycles. The van der Waals surface area contributed by atoms with Gasteiger partial charge in [-0.3, -0.25) is 0 Å². The van der Waals surface area contributed by atoms with Crippen molar-refractivity contribution in [2.24, 2.45) is 0 Å². The second kappa shape index (κ2) is 6.20. The number of rotatable bonds is 0. The molecule has 0 unspecified atom stereocenters. The van der Waals surface area contributed by atoms with Crippen molar-refractivity contribution in [1.82, 2.24) is 9.56 Å². The molecule has 0 aromatic heterocycles. The summed E-state index contributed by atoms with van der Waals surface area (Å²) in [7, 11) is 4.08. The SMILES string of the molecule is CCl.C[N+](C)=c1ccc2nc3ccc(N)cc3sc-2c1. The Balaban J connectivity index is 0.000000704. The van der Waals surface area contributed by atoms with Crippen LogP contribution in [0.2, 0.25) is 0 Å². The first-order chi connectivity index (χ1) is 9.63. The first-order valence-electron chi connectivity index (χ1n) is 6.12. The fourth-order valence-electron chi connectivity index (χ4n) is 1.91. The average Bonchev–Trinajstić information content (AvgIpc) is 2.46. The number of nitrogens with zero attached hydrogens (tertiary/aromatic N) is 2. The number of hydrogen-bond donors (Lipinski definition) is 1. The molecule has 0 atom stereocenters. The molecule has 0 spiro atoms. The first-order valence-corrected chi connectivity index (χ1v) is 7.69. The topological polar surface area (TPSA) is 41.9 Å². The van der Waals surface area contributed by atoms with Gasteiger partial charge >= 0.3 is 0 Å². The highest BCUT2D eigenvalue weighted by atomic mass is 35.5. The van der Waals surface area contributed by atoms with Gasteiger partial charge in [-0.25, -0.2) is 9.56 Å². The largest absolute Gasteiger partial charge is 0.399 e. The van der Waals surface area contributed by atoms with E-state index in [0.29, 0.717) is 0 Å². The lowest BCUT2D eigenvalue weighted by Gasteiger charge is -2.05. The molecule has 0 amide bonds. The Bertz CT molecular complexity index is 776. The van der Waals surface area contributed by atoms with Crippen LogP contribution in [-0.2, 0) is 0 Å². The van der Waals surface area contributed by atoms with Crippen LogP contribution in [0.25, 0.3) is 20.8 Å². The lowest BCUT2D eigenvalue weighted by molar-refractivity contribution is 0.814. The van der Waals surface area contributed by atoms with Gasteiger partial charge in [-0.1, -0.05) is 0 Å². The van der Waals surface area contributed by atoms with E-state index in [9.17, 15) is 0 Å². The van der Waals surface area contributed by atoms with Crippen LogP contribution < -0.4 is 15.7 Å². The summed E-state index contributed by atoms with van der Waals surface area (Å²) in [6.45, 7) is 0. The van der Waals surface area contributed by atoms with Crippen molar-refractivity contribution >= 4 is 38.8 Å². The van der Waals surface area contributed by atoms with Crippen LogP contribution in [-0.4, -0.2) is 25.5 Å². The molecule has 3 rings (SSSR count). The van der Waals surface area contributed by atoms with E-state index in [2.05, 4.69) is 39.4 Å². The third-order valence-corrected chi connectivity index (χ3v) is 4.00. The van der Waals surface area contributed by atoms with E-state index in [-0.39, 0.29) is 0 Å². The Morgan fingerprint density at radius 3 is 2.55 bits per heavy atom. The zero-order valence-corrected chi connectivity index (χ0v) is 13.3. The maximum Gasteiger partial charge on any atom is 0.201 e. The Kier molecular flexibility index (Phi) is 4.57. The number of anilines is 1. The molecule has 2 N–H and O–H groups in total. The van der Waals surface area contributed by atoms with Crippen LogP contribution in [0.5, 0.6) is 0 Å². The molecule has 20 heavy (non-hydrogen) atoms. The number of benzene rings is 2. The van der Waals surface area contributed by atoms with Crippen LogP contribution >= 0.6 is 22.9 Å². The van der Waals surface area contributed by atoms with E-state index >= 15 is 0 Å². The monoisotopic (exact) mass is 306 g/mol. The minimum absolute atomic E-state index is 0.781. The molecule has 0 saturated heterocycles. The molecule has 0 radical (unpaired) electrons. The number of fused-ring (bicyclic) bond motifs is 2. The minimum Gasteiger partial charge on any atom is -0.399 e. The van der Waals surface area contributed by atoms with Crippen LogP contribution in [0.3, 0.4) is 0 Å². The molecule has 1 aliphatic heterocycles. The number of alkyl halides is 1. The summed E-state index contributed by atoms with van der Waals surface area (Å²) in [6.07, 6.45) is 1.47. The summed E-state index contributed by atoms with van der Waals surface area (Å²) in [4.78, 5) is 5.84. The van der Waals surface area contributed by atoms with Crippen molar-refractivity contribution in [2.75, 3.05) is 26.2 Å². The molecule has 0 bridgehead atoms. The van der Waals surface area contributed by atoms with Gasteiger partial charge in [0.1, 0.15) is 14.1 Å². The van der Waals surface area contributed by atoms with Gasteiger partial charge in [0.05, 0.1) is 20.8 Å². The maximum atomic E-state index is 5.82. The van der Waals surface area contributed by atoms with Crippen LogP contribution in [0.15, 0.2) is 36.4 Å². The van der Waals surface area contributed by atoms with E-state index in [1.807, 2.05) is 32.3 Å². The molecule has 104 valence electrons. The van der Waals surface area contributed by atoms with E-state index < -0.39 is 0 Å². The van der Waals surface area contributed by atoms with E-state index in [4.69, 9.17) is 5.73 Å². The molecule has 1 heterocycles. The molecule has 5 heteroatoms. The molecule has 1 aromatic rings. The third-order valence-electron chi connectivity index (χ3n) is 2.90. The Labute approximate surface area is 127 Å². The quantitative estimate of drug-likeness (QED) is 0.300. The highest BCUT2D eigenvalue weighted by Gasteiger charge is 2.08. The third kappa shape index (κ3) is 2.92. The molecular formula is C15H17ClN3S+. The number of halogens is 1. The zero-order valence-electron chi connectivity index (χ0n) is 11.7. The smallest absolute Gasteiger partial charge is 0.201 e.